The van der Waals surface area contributed by atoms with Crippen LogP contribution >= 0.6 is 0 Å². The molecule has 1 N–H and O–H groups in total. The van der Waals surface area contributed by atoms with E-state index in [-0.39, 0.29) is 11.8 Å². The third-order valence-corrected chi connectivity index (χ3v) is 5.22. The number of hydrogen-bond acceptors (Lipinski definition) is 4. The van der Waals surface area contributed by atoms with Crippen molar-refractivity contribution >= 4 is 23.3 Å². The molecular weight excluding hydrogens is 347 g/mol. The molecule has 2 fully saturated rings. The Balaban J connectivity index is 1.38. The van der Waals surface area contributed by atoms with Crippen LogP contribution in [0.15, 0.2) is 48.7 Å². The Hall–Kier alpha value is -2.96. The van der Waals surface area contributed by atoms with Crippen molar-refractivity contribution in [3.63, 3.8) is 0 Å². The fourth-order valence-electron chi connectivity index (χ4n) is 3.46. The van der Waals surface area contributed by atoms with Crippen LogP contribution < -0.4 is 10.2 Å². The lowest BCUT2D eigenvalue weighted by Crippen LogP contribution is -2.52. The highest BCUT2D eigenvalue weighted by Gasteiger charge is 2.58. The molecule has 140 valence electrons. The Morgan fingerprint density at radius 1 is 1.04 bits per heavy atom. The van der Waals surface area contributed by atoms with Gasteiger partial charge in [0, 0.05) is 38.1 Å². The summed E-state index contributed by atoms with van der Waals surface area (Å²) in [6.07, 6.45) is 2.82. The van der Waals surface area contributed by atoms with Crippen molar-refractivity contribution in [3.8, 4) is 0 Å². The molecule has 2 aromatic rings. The molecule has 1 aliphatic carbocycles. The fraction of sp³-hybridized carbons (Fsp3) is 0.350. The van der Waals surface area contributed by atoms with Gasteiger partial charge in [-0.05, 0) is 43.2 Å². The predicted octanol–water partition coefficient (Wildman–Crippen LogP) is 2.29. The predicted molar refractivity (Wildman–Crippen MR) is 99.7 cm³/mol. The lowest BCUT2D eigenvalue weighted by atomic mass is 10.0. The van der Waals surface area contributed by atoms with Crippen LogP contribution in [-0.2, 0) is 9.59 Å². The molecule has 1 aromatic heterocycles. The number of anilines is 2. The number of hydrogen-bond donors (Lipinski definition) is 1. The maximum Gasteiger partial charge on any atom is 0.240 e. The van der Waals surface area contributed by atoms with Crippen LogP contribution in [0.25, 0.3) is 0 Å². The van der Waals surface area contributed by atoms with Gasteiger partial charge in [0.25, 0.3) is 0 Å². The number of rotatable bonds is 4. The van der Waals surface area contributed by atoms with Gasteiger partial charge in [0.15, 0.2) is 0 Å². The Morgan fingerprint density at radius 3 is 2.44 bits per heavy atom. The van der Waals surface area contributed by atoms with E-state index in [2.05, 4.69) is 15.2 Å². The summed E-state index contributed by atoms with van der Waals surface area (Å²) < 4.78 is 13.3. The van der Waals surface area contributed by atoms with Gasteiger partial charge in [-0.15, -0.1) is 0 Å². The van der Waals surface area contributed by atoms with Crippen molar-refractivity contribution in [2.24, 2.45) is 5.41 Å². The summed E-state index contributed by atoms with van der Waals surface area (Å²) in [6.45, 7) is 2.49. The average Bonchev–Trinajstić information content (AvgIpc) is 3.50. The standard InChI is InChI=1S/C20H21FN4O2/c21-15-4-3-5-16(14-15)23-18(26)20(7-8-20)19(27)25-12-10-24(11-13-25)17-6-1-2-9-22-17/h1-6,9,14H,7-8,10-13H2,(H,23,26). The summed E-state index contributed by atoms with van der Waals surface area (Å²) in [5.41, 5.74) is -0.626. The van der Waals surface area contributed by atoms with Crippen LogP contribution in [0.2, 0.25) is 0 Å². The number of benzene rings is 1. The van der Waals surface area contributed by atoms with Crippen LogP contribution in [-0.4, -0.2) is 47.9 Å². The van der Waals surface area contributed by atoms with E-state index < -0.39 is 11.2 Å². The number of nitrogens with zero attached hydrogens (tertiary/aromatic N) is 3. The molecule has 1 aromatic carbocycles. The zero-order valence-electron chi connectivity index (χ0n) is 14.9. The summed E-state index contributed by atoms with van der Waals surface area (Å²) in [7, 11) is 0. The first-order valence-electron chi connectivity index (χ1n) is 9.11. The van der Waals surface area contributed by atoms with Gasteiger partial charge >= 0.3 is 0 Å². The zero-order chi connectivity index (χ0) is 18.9. The molecule has 0 radical (unpaired) electrons. The summed E-state index contributed by atoms with van der Waals surface area (Å²) in [6, 6.07) is 11.5. The lowest BCUT2D eigenvalue weighted by molar-refractivity contribution is -0.142. The highest BCUT2D eigenvalue weighted by Crippen LogP contribution is 2.48. The molecule has 0 bridgehead atoms. The maximum absolute atomic E-state index is 13.3. The minimum absolute atomic E-state index is 0.128. The molecule has 2 amide bonds. The number of carbonyl (C=O) groups is 2. The third kappa shape index (κ3) is 3.49. The second-order valence-electron chi connectivity index (χ2n) is 7.01. The number of carbonyl (C=O) groups excluding carboxylic acids is 2. The van der Waals surface area contributed by atoms with Gasteiger partial charge in [0.2, 0.25) is 11.8 Å². The molecule has 6 nitrogen and oxygen atoms in total. The van der Waals surface area contributed by atoms with Crippen LogP contribution in [0, 0.1) is 11.2 Å². The van der Waals surface area contributed by atoms with E-state index in [4.69, 9.17) is 0 Å². The van der Waals surface area contributed by atoms with Gasteiger partial charge in [-0.25, -0.2) is 9.37 Å². The van der Waals surface area contributed by atoms with E-state index in [0.29, 0.717) is 44.7 Å². The van der Waals surface area contributed by atoms with E-state index >= 15 is 0 Å². The second-order valence-corrected chi connectivity index (χ2v) is 7.01. The molecule has 0 atom stereocenters. The number of nitrogens with one attached hydrogen (secondary N) is 1. The van der Waals surface area contributed by atoms with Crippen molar-refractivity contribution in [1.82, 2.24) is 9.88 Å². The monoisotopic (exact) mass is 368 g/mol. The molecule has 2 heterocycles. The molecule has 1 saturated carbocycles. The highest BCUT2D eigenvalue weighted by atomic mass is 19.1. The Kier molecular flexibility index (Phi) is 4.51. The Morgan fingerprint density at radius 2 is 1.81 bits per heavy atom. The lowest BCUT2D eigenvalue weighted by Gasteiger charge is -2.36. The van der Waals surface area contributed by atoms with E-state index in [9.17, 15) is 14.0 Å². The number of halogens is 1. The molecule has 1 saturated heterocycles. The molecule has 0 spiro atoms. The van der Waals surface area contributed by atoms with Crippen LogP contribution in [0.3, 0.4) is 0 Å². The van der Waals surface area contributed by atoms with Gasteiger partial charge in [0.1, 0.15) is 17.1 Å². The SMILES string of the molecule is O=C(Nc1cccc(F)c1)C1(C(=O)N2CCN(c3ccccn3)CC2)CC1. The molecule has 7 heteroatoms. The van der Waals surface area contributed by atoms with Crippen LogP contribution in [0.4, 0.5) is 15.9 Å². The minimum Gasteiger partial charge on any atom is -0.353 e. The van der Waals surface area contributed by atoms with Crippen LogP contribution in [0.5, 0.6) is 0 Å². The first-order chi connectivity index (χ1) is 13.1. The van der Waals surface area contributed by atoms with E-state index in [1.807, 2.05) is 18.2 Å². The summed E-state index contributed by atoms with van der Waals surface area (Å²) >= 11 is 0. The number of aromatic nitrogens is 1. The van der Waals surface area contributed by atoms with Crippen molar-refractivity contribution in [2.45, 2.75) is 12.8 Å². The summed E-state index contributed by atoms with van der Waals surface area (Å²) in [5, 5.41) is 2.69. The molecule has 1 aliphatic heterocycles. The van der Waals surface area contributed by atoms with Crippen LogP contribution in [0.1, 0.15) is 12.8 Å². The quantitative estimate of drug-likeness (QED) is 0.841. The molecule has 27 heavy (non-hydrogen) atoms. The van der Waals surface area contributed by atoms with Gasteiger partial charge in [0.05, 0.1) is 0 Å². The first-order valence-corrected chi connectivity index (χ1v) is 9.11. The first kappa shape index (κ1) is 17.5. The van der Waals surface area contributed by atoms with Gasteiger partial charge in [-0.3, -0.25) is 9.59 Å². The average molecular weight is 368 g/mol. The molecule has 0 unspecified atom stereocenters. The summed E-state index contributed by atoms with van der Waals surface area (Å²) in [5.74, 6) is 0.00604. The minimum atomic E-state index is -1.00. The summed E-state index contributed by atoms with van der Waals surface area (Å²) in [4.78, 5) is 33.9. The molecule has 4 rings (SSSR count). The van der Waals surface area contributed by atoms with Crippen molar-refractivity contribution in [2.75, 3.05) is 36.4 Å². The Labute approximate surface area is 157 Å². The zero-order valence-corrected chi connectivity index (χ0v) is 14.9. The van der Waals surface area contributed by atoms with Gasteiger partial charge in [-0.1, -0.05) is 12.1 Å². The third-order valence-electron chi connectivity index (χ3n) is 5.22. The molecule has 2 aliphatic rings. The van der Waals surface area contributed by atoms with Crippen molar-refractivity contribution in [3.05, 3.63) is 54.5 Å². The fourth-order valence-corrected chi connectivity index (χ4v) is 3.46. The maximum atomic E-state index is 13.3. The largest absolute Gasteiger partial charge is 0.353 e. The number of pyridine rings is 1. The van der Waals surface area contributed by atoms with E-state index in [1.165, 1.54) is 18.2 Å². The topological polar surface area (TPSA) is 65.5 Å². The highest BCUT2D eigenvalue weighted by molar-refractivity contribution is 6.13. The smallest absolute Gasteiger partial charge is 0.240 e. The van der Waals surface area contributed by atoms with Crippen molar-refractivity contribution in [1.29, 1.82) is 0 Å². The number of piperazine rings is 1. The molecular formula is C20H21FN4O2. The van der Waals surface area contributed by atoms with E-state index in [0.717, 1.165) is 5.82 Å². The number of amides is 2. The van der Waals surface area contributed by atoms with Gasteiger partial charge in [-0.2, -0.15) is 0 Å². The second kappa shape index (κ2) is 6.98. The van der Waals surface area contributed by atoms with Crippen molar-refractivity contribution < 1.29 is 14.0 Å². The Bertz CT molecular complexity index is 846. The van der Waals surface area contributed by atoms with E-state index in [1.54, 1.807) is 17.2 Å². The normalized spacial score (nSPS) is 18.1. The van der Waals surface area contributed by atoms with Gasteiger partial charge < -0.3 is 15.1 Å².